The van der Waals surface area contributed by atoms with Crippen LogP contribution in [-0.4, -0.2) is 53.5 Å². The summed E-state index contributed by atoms with van der Waals surface area (Å²) in [6, 6.07) is 11.9. The molecule has 1 atom stereocenters. The van der Waals surface area contributed by atoms with E-state index in [1.165, 1.54) is 0 Å². The number of imide groups is 1. The van der Waals surface area contributed by atoms with E-state index in [9.17, 15) is 14.7 Å². The van der Waals surface area contributed by atoms with E-state index in [1.807, 2.05) is 57.2 Å². The van der Waals surface area contributed by atoms with Gasteiger partial charge in [0.1, 0.15) is 29.5 Å². The van der Waals surface area contributed by atoms with Gasteiger partial charge < -0.3 is 14.6 Å². The van der Waals surface area contributed by atoms with Gasteiger partial charge in [-0.05, 0) is 117 Å². The van der Waals surface area contributed by atoms with Crippen molar-refractivity contribution in [2.45, 2.75) is 46.1 Å². The lowest BCUT2D eigenvalue weighted by atomic mass is 9.87. The second-order valence-corrected chi connectivity index (χ2v) is 11.8. The third kappa shape index (κ3) is 5.63. The van der Waals surface area contributed by atoms with Crippen molar-refractivity contribution in [3.63, 3.8) is 0 Å². The molecule has 0 bridgehead atoms. The van der Waals surface area contributed by atoms with Crippen LogP contribution in [0.3, 0.4) is 0 Å². The van der Waals surface area contributed by atoms with E-state index in [0.717, 1.165) is 87.8 Å². The molecule has 8 heteroatoms. The molecule has 0 aliphatic carbocycles. The van der Waals surface area contributed by atoms with Crippen molar-refractivity contribution in [3.05, 3.63) is 69.1 Å². The van der Waals surface area contributed by atoms with Crippen molar-refractivity contribution >= 4 is 39.8 Å². The van der Waals surface area contributed by atoms with Crippen molar-refractivity contribution < 1.29 is 24.2 Å². The molecule has 39 heavy (non-hydrogen) atoms. The molecule has 2 N–H and O–H groups in total. The van der Waals surface area contributed by atoms with Crippen molar-refractivity contribution in [2.75, 3.05) is 26.7 Å². The zero-order valence-electron chi connectivity index (χ0n) is 23.0. The minimum Gasteiger partial charge on any atom is -0.507 e. The lowest BCUT2D eigenvalue weighted by Gasteiger charge is -2.40. The fraction of sp³-hybridized carbons (Fsp3) is 0.355. The molecular weight excluding hydrogens is 512 g/mol. The third-order valence-corrected chi connectivity index (χ3v) is 8.52. The smallest absolute Gasteiger partial charge is 0.290 e. The van der Waals surface area contributed by atoms with E-state index in [4.69, 9.17) is 9.47 Å². The van der Waals surface area contributed by atoms with Gasteiger partial charge in [-0.1, -0.05) is 18.2 Å². The minimum atomic E-state index is -0.353. The first-order valence-electron chi connectivity index (χ1n) is 13.1. The molecule has 3 aromatic carbocycles. The number of ether oxygens (including phenoxy) is 2. The second-order valence-electron chi connectivity index (χ2n) is 10.8. The SMILES string of the molecule is Cc1c(C)c2c(c(C)c1O)CCC(C)(CN(C)CCOc1ccc3cc(C=C4SC(=O)NC4=O)ccc3c1)O2. The number of benzene rings is 3. The molecule has 0 spiro atoms. The van der Waals surface area contributed by atoms with E-state index >= 15 is 0 Å². The average molecular weight is 547 g/mol. The molecule has 0 saturated carbocycles. The van der Waals surface area contributed by atoms with E-state index < -0.39 is 0 Å². The van der Waals surface area contributed by atoms with E-state index in [-0.39, 0.29) is 16.7 Å². The molecule has 204 valence electrons. The Balaban J connectivity index is 1.18. The summed E-state index contributed by atoms with van der Waals surface area (Å²) in [5.41, 5.74) is 4.50. The minimum absolute atomic E-state index is 0.316. The number of phenols is 1. The molecular formula is C31H34N2O5S. The number of amides is 2. The highest BCUT2D eigenvalue weighted by atomic mass is 32.2. The maximum atomic E-state index is 11.8. The lowest BCUT2D eigenvalue weighted by Crippen LogP contribution is -2.47. The highest BCUT2D eigenvalue weighted by Gasteiger charge is 2.35. The van der Waals surface area contributed by atoms with Crippen LogP contribution in [0.25, 0.3) is 16.8 Å². The molecule has 1 fully saturated rings. The van der Waals surface area contributed by atoms with Gasteiger partial charge in [-0.3, -0.25) is 19.8 Å². The monoisotopic (exact) mass is 546 g/mol. The van der Waals surface area contributed by atoms with Crippen LogP contribution in [0, 0.1) is 20.8 Å². The summed E-state index contributed by atoms with van der Waals surface area (Å²) in [5, 5.41) is 14.4. The predicted molar refractivity (Wildman–Crippen MR) is 156 cm³/mol. The van der Waals surface area contributed by atoms with E-state index in [0.29, 0.717) is 17.3 Å². The quantitative estimate of drug-likeness (QED) is 0.357. The molecule has 2 aliphatic rings. The van der Waals surface area contributed by atoms with Gasteiger partial charge in [0.25, 0.3) is 11.1 Å². The molecule has 3 aromatic rings. The Labute approximate surface area is 233 Å². The van der Waals surface area contributed by atoms with Crippen LogP contribution in [0.4, 0.5) is 4.79 Å². The van der Waals surface area contributed by atoms with Crippen LogP contribution >= 0.6 is 11.8 Å². The average Bonchev–Trinajstić information content (AvgIpc) is 3.21. The fourth-order valence-corrected chi connectivity index (χ4v) is 6.05. The molecule has 7 nitrogen and oxygen atoms in total. The number of nitrogens with zero attached hydrogens (tertiary/aromatic N) is 1. The Kier molecular flexibility index (Phi) is 7.35. The number of carbonyl (C=O) groups excluding carboxylic acids is 2. The number of hydrogen-bond donors (Lipinski definition) is 2. The molecule has 2 aliphatic heterocycles. The summed E-state index contributed by atoms with van der Waals surface area (Å²) in [4.78, 5) is 25.9. The van der Waals surface area contributed by atoms with Crippen molar-refractivity contribution in [2.24, 2.45) is 0 Å². The maximum Gasteiger partial charge on any atom is 0.290 e. The van der Waals surface area contributed by atoms with Gasteiger partial charge >= 0.3 is 0 Å². The normalized spacial score (nSPS) is 19.9. The molecule has 2 heterocycles. The Morgan fingerprint density at radius 3 is 2.59 bits per heavy atom. The number of thioether (sulfide) groups is 1. The molecule has 0 radical (unpaired) electrons. The van der Waals surface area contributed by atoms with Gasteiger partial charge in [0, 0.05) is 18.7 Å². The molecule has 1 unspecified atom stereocenters. The Morgan fingerprint density at radius 2 is 1.85 bits per heavy atom. The van der Waals surface area contributed by atoms with Crippen LogP contribution in [-0.2, 0) is 11.2 Å². The standard InChI is InChI=1S/C31H34N2O5S/c1-18-19(2)28-25(20(3)27(18)34)10-11-31(4,38-28)17-33(5)12-13-37-24-9-8-22-14-21(6-7-23(22)16-24)15-26-29(35)32-30(36)39-26/h6-9,14-16,34H,10-13,17H2,1-5H3,(H,32,35,36). The molecule has 5 rings (SSSR count). The number of phenolic OH excluding ortho intramolecular Hbond substituents is 1. The number of likely N-dealkylation sites (N-methyl/N-ethyl adjacent to an activating group) is 1. The highest BCUT2D eigenvalue weighted by molar-refractivity contribution is 8.18. The fourth-order valence-electron chi connectivity index (χ4n) is 5.37. The summed E-state index contributed by atoms with van der Waals surface area (Å²) in [6.07, 6.45) is 3.50. The van der Waals surface area contributed by atoms with Gasteiger partial charge in [0.2, 0.25) is 0 Å². The summed E-state index contributed by atoms with van der Waals surface area (Å²) >= 11 is 0.918. The zero-order valence-corrected chi connectivity index (χ0v) is 23.8. The highest BCUT2D eigenvalue weighted by Crippen LogP contribution is 2.43. The lowest BCUT2D eigenvalue weighted by molar-refractivity contribution is -0.115. The van der Waals surface area contributed by atoms with E-state index in [1.54, 1.807) is 6.08 Å². The van der Waals surface area contributed by atoms with Gasteiger partial charge in [-0.25, -0.2) is 0 Å². The van der Waals surface area contributed by atoms with E-state index in [2.05, 4.69) is 24.2 Å². The first kappa shape index (κ1) is 27.1. The summed E-state index contributed by atoms with van der Waals surface area (Å²) < 4.78 is 12.6. The van der Waals surface area contributed by atoms with Gasteiger partial charge in [0.15, 0.2) is 0 Å². The number of hydrogen-bond acceptors (Lipinski definition) is 7. The van der Waals surface area contributed by atoms with Crippen LogP contribution in [0.5, 0.6) is 17.2 Å². The van der Waals surface area contributed by atoms with Crippen LogP contribution < -0.4 is 14.8 Å². The predicted octanol–water partition coefficient (Wildman–Crippen LogP) is 5.89. The number of carbonyl (C=O) groups is 2. The third-order valence-electron chi connectivity index (χ3n) is 7.71. The Morgan fingerprint density at radius 1 is 1.10 bits per heavy atom. The topological polar surface area (TPSA) is 88.1 Å². The van der Waals surface area contributed by atoms with Crippen molar-refractivity contribution in [1.82, 2.24) is 10.2 Å². The number of aromatic hydroxyl groups is 1. The molecule has 0 aromatic heterocycles. The Hall–Kier alpha value is -3.49. The van der Waals surface area contributed by atoms with Crippen molar-refractivity contribution in [3.8, 4) is 17.2 Å². The van der Waals surface area contributed by atoms with Crippen LogP contribution in [0.2, 0.25) is 0 Å². The summed E-state index contributed by atoms with van der Waals surface area (Å²) in [7, 11) is 2.08. The first-order valence-corrected chi connectivity index (χ1v) is 14.0. The number of rotatable bonds is 7. The van der Waals surface area contributed by atoms with Gasteiger partial charge in [-0.15, -0.1) is 0 Å². The summed E-state index contributed by atoms with van der Waals surface area (Å²) in [5.74, 6) is 1.76. The molecule has 2 amide bonds. The first-order chi connectivity index (χ1) is 18.5. The van der Waals surface area contributed by atoms with Gasteiger partial charge in [0.05, 0.1) is 4.91 Å². The van der Waals surface area contributed by atoms with Gasteiger partial charge in [-0.2, -0.15) is 0 Å². The zero-order chi connectivity index (χ0) is 27.9. The Bertz CT molecular complexity index is 1510. The second kappa shape index (κ2) is 10.6. The number of nitrogens with one attached hydrogen (secondary N) is 1. The molecule has 1 saturated heterocycles. The van der Waals surface area contributed by atoms with Crippen LogP contribution in [0.1, 0.15) is 41.2 Å². The largest absolute Gasteiger partial charge is 0.507 e. The maximum absolute atomic E-state index is 11.8. The van der Waals surface area contributed by atoms with Crippen molar-refractivity contribution in [1.29, 1.82) is 0 Å². The number of fused-ring (bicyclic) bond motifs is 2. The summed E-state index contributed by atoms with van der Waals surface area (Å²) in [6.45, 7) is 10.2. The van der Waals surface area contributed by atoms with Crippen LogP contribution in [0.15, 0.2) is 41.3 Å².